The standard InChI is InChI=1S/C30H30N4O2/c1-28(2)9-11-34-12-10-29(3,4)24-25(34)23(28)14-18-13-20(35-27(18)24)7-8-22-21(17-33)26(19(15-31)16-32)36-30(22,5)6/h7-8,13-14H,9-12H2,1-6H3/b8-7+. The molecule has 3 aliphatic rings. The van der Waals surface area contributed by atoms with Gasteiger partial charge in [0, 0.05) is 35.3 Å². The molecule has 36 heavy (non-hydrogen) atoms. The Balaban J connectivity index is 1.67. The Kier molecular flexibility index (Phi) is 5.14. The fourth-order valence-electron chi connectivity index (χ4n) is 5.82. The predicted molar refractivity (Wildman–Crippen MR) is 139 cm³/mol. The summed E-state index contributed by atoms with van der Waals surface area (Å²) >= 11 is 0. The summed E-state index contributed by atoms with van der Waals surface area (Å²) in [4.78, 5) is 2.52. The number of allylic oxidation sites excluding steroid dienone is 2. The van der Waals surface area contributed by atoms with Crippen LogP contribution in [-0.4, -0.2) is 18.7 Å². The minimum absolute atomic E-state index is 0.00513. The van der Waals surface area contributed by atoms with Gasteiger partial charge in [0.2, 0.25) is 0 Å². The lowest BCUT2D eigenvalue weighted by molar-refractivity contribution is 0.0954. The Morgan fingerprint density at radius 1 is 0.944 bits per heavy atom. The number of nitriles is 3. The number of hydrogen-bond donors (Lipinski definition) is 0. The Morgan fingerprint density at radius 2 is 1.61 bits per heavy atom. The first-order valence-corrected chi connectivity index (χ1v) is 12.4. The van der Waals surface area contributed by atoms with Crippen LogP contribution in [0.15, 0.2) is 45.1 Å². The second-order valence-corrected chi connectivity index (χ2v) is 11.7. The lowest BCUT2D eigenvalue weighted by atomic mass is 9.69. The fraction of sp³-hybridized carbons (Fsp3) is 0.433. The number of benzene rings is 1. The van der Waals surface area contributed by atoms with Gasteiger partial charge in [-0.2, -0.15) is 15.8 Å². The number of fused-ring (bicyclic) bond motifs is 2. The van der Waals surface area contributed by atoms with Gasteiger partial charge in [-0.3, -0.25) is 0 Å². The van der Waals surface area contributed by atoms with Crippen molar-refractivity contribution in [2.75, 3.05) is 18.0 Å². The predicted octanol–water partition coefficient (Wildman–Crippen LogP) is 6.55. The van der Waals surface area contributed by atoms with Gasteiger partial charge in [0.15, 0.2) is 11.3 Å². The molecule has 0 bridgehead atoms. The molecule has 0 atom stereocenters. The largest absolute Gasteiger partial charge is 0.480 e. The van der Waals surface area contributed by atoms with Gasteiger partial charge in [-0.1, -0.05) is 27.7 Å². The van der Waals surface area contributed by atoms with E-state index in [1.54, 1.807) is 0 Å². The minimum Gasteiger partial charge on any atom is -0.480 e. The first-order valence-electron chi connectivity index (χ1n) is 12.4. The molecule has 0 N–H and O–H groups in total. The van der Waals surface area contributed by atoms with E-state index in [0.717, 1.165) is 36.9 Å². The maximum Gasteiger partial charge on any atom is 0.172 e. The molecule has 182 valence electrons. The van der Waals surface area contributed by atoms with Crippen LogP contribution in [0.25, 0.3) is 17.0 Å². The molecule has 0 saturated heterocycles. The highest BCUT2D eigenvalue weighted by Crippen LogP contribution is 2.52. The number of hydrogen-bond acceptors (Lipinski definition) is 6. The van der Waals surface area contributed by atoms with Crippen LogP contribution in [0, 0.1) is 34.0 Å². The molecule has 6 nitrogen and oxygen atoms in total. The Labute approximate surface area is 212 Å². The zero-order valence-corrected chi connectivity index (χ0v) is 21.7. The van der Waals surface area contributed by atoms with Crippen molar-refractivity contribution in [2.45, 2.75) is 70.8 Å². The van der Waals surface area contributed by atoms with Crippen LogP contribution < -0.4 is 4.90 Å². The van der Waals surface area contributed by atoms with E-state index in [4.69, 9.17) is 9.15 Å². The summed E-state index contributed by atoms with van der Waals surface area (Å²) < 4.78 is 12.4. The molecule has 1 aromatic carbocycles. The smallest absolute Gasteiger partial charge is 0.172 e. The SMILES string of the molecule is CC1(C)OC(=C(C#N)C#N)C(C#N)=C1/C=C/c1cc2cc3c4c(c2o1)C(C)(C)CCN4CCC3(C)C. The maximum atomic E-state index is 9.82. The van der Waals surface area contributed by atoms with Gasteiger partial charge in [-0.25, -0.2) is 0 Å². The molecule has 0 aliphatic carbocycles. The number of anilines is 1. The van der Waals surface area contributed by atoms with E-state index in [0.29, 0.717) is 11.3 Å². The average molecular weight is 479 g/mol. The molecule has 0 spiro atoms. The van der Waals surface area contributed by atoms with Crippen molar-refractivity contribution in [1.82, 2.24) is 0 Å². The Hall–Kier alpha value is -3.95. The van der Waals surface area contributed by atoms with Crippen molar-refractivity contribution >= 4 is 22.7 Å². The second-order valence-electron chi connectivity index (χ2n) is 11.7. The summed E-state index contributed by atoms with van der Waals surface area (Å²) in [6.07, 6.45) is 5.86. The van der Waals surface area contributed by atoms with Crippen LogP contribution in [0.4, 0.5) is 5.69 Å². The first-order chi connectivity index (χ1) is 16.9. The van der Waals surface area contributed by atoms with Gasteiger partial charge < -0.3 is 14.1 Å². The lowest BCUT2D eigenvalue weighted by Crippen LogP contribution is -2.44. The monoisotopic (exact) mass is 478 g/mol. The number of ether oxygens (including phenoxy) is 1. The summed E-state index contributed by atoms with van der Waals surface area (Å²) in [6, 6.07) is 10.1. The minimum atomic E-state index is -0.862. The molecule has 0 amide bonds. The molecule has 6 heteroatoms. The normalized spacial score (nSPS) is 21.1. The zero-order valence-electron chi connectivity index (χ0n) is 21.7. The lowest BCUT2D eigenvalue weighted by Gasteiger charge is -2.47. The van der Waals surface area contributed by atoms with Crippen molar-refractivity contribution in [3.05, 3.63) is 57.6 Å². The molecular formula is C30H30N4O2. The third-order valence-electron chi connectivity index (χ3n) is 8.01. The number of rotatable bonds is 2. The molecule has 1 aromatic heterocycles. The van der Waals surface area contributed by atoms with E-state index in [1.807, 2.05) is 38.1 Å². The highest BCUT2D eigenvalue weighted by Gasteiger charge is 2.42. The first kappa shape index (κ1) is 23.8. The van der Waals surface area contributed by atoms with Crippen LogP contribution in [0.2, 0.25) is 0 Å². The Bertz CT molecular complexity index is 1510. The van der Waals surface area contributed by atoms with E-state index in [-0.39, 0.29) is 27.7 Å². The summed E-state index contributed by atoms with van der Waals surface area (Å²) in [5, 5.41) is 29.5. The van der Waals surface area contributed by atoms with Crippen LogP contribution in [0.5, 0.6) is 0 Å². The zero-order chi connectivity index (χ0) is 26.0. The number of nitrogens with zero attached hydrogens (tertiary/aromatic N) is 4. The van der Waals surface area contributed by atoms with Crippen LogP contribution in [0.1, 0.15) is 71.3 Å². The van der Waals surface area contributed by atoms with Crippen molar-refractivity contribution < 1.29 is 9.15 Å². The molecule has 2 aromatic rings. The summed E-state index contributed by atoms with van der Waals surface area (Å²) in [5.41, 5.74) is 4.77. The second kappa shape index (κ2) is 7.78. The van der Waals surface area contributed by atoms with E-state index in [9.17, 15) is 15.8 Å². The molecule has 0 saturated carbocycles. The molecule has 0 radical (unpaired) electrons. The topological polar surface area (TPSA) is 97.0 Å². The van der Waals surface area contributed by atoms with Crippen LogP contribution in [-0.2, 0) is 15.6 Å². The van der Waals surface area contributed by atoms with Gasteiger partial charge in [-0.15, -0.1) is 0 Å². The van der Waals surface area contributed by atoms with E-state index in [2.05, 4.69) is 50.8 Å². The summed E-state index contributed by atoms with van der Waals surface area (Å²) in [5.74, 6) is 0.728. The van der Waals surface area contributed by atoms with E-state index >= 15 is 0 Å². The van der Waals surface area contributed by atoms with Gasteiger partial charge in [0.25, 0.3) is 0 Å². The molecule has 3 aliphatic heterocycles. The average Bonchev–Trinajstić information content (AvgIpc) is 3.33. The van der Waals surface area contributed by atoms with Gasteiger partial charge in [-0.05, 0) is 67.4 Å². The van der Waals surface area contributed by atoms with Crippen LogP contribution >= 0.6 is 0 Å². The summed E-state index contributed by atoms with van der Waals surface area (Å²) in [7, 11) is 0. The van der Waals surface area contributed by atoms with Crippen molar-refractivity contribution in [1.29, 1.82) is 15.8 Å². The number of furan rings is 1. The molecule has 0 unspecified atom stereocenters. The quantitative estimate of drug-likeness (QED) is 0.454. The van der Waals surface area contributed by atoms with Crippen molar-refractivity contribution in [2.24, 2.45) is 0 Å². The van der Waals surface area contributed by atoms with Crippen molar-refractivity contribution in [3.8, 4) is 18.2 Å². The van der Waals surface area contributed by atoms with Gasteiger partial charge in [0.05, 0.1) is 0 Å². The van der Waals surface area contributed by atoms with Crippen molar-refractivity contribution in [3.63, 3.8) is 0 Å². The van der Waals surface area contributed by atoms with Gasteiger partial charge in [0.1, 0.15) is 40.7 Å². The molecular weight excluding hydrogens is 448 g/mol. The molecule has 4 heterocycles. The van der Waals surface area contributed by atoms with Crippen LogP contribution in [0.3, 0.4) is 0 Å². The Morgan fingerprint density at radius 3 is 2.25 bits per heavy atom. The highest BCUT2D eigenvalue weighted by molar-refractivity contribution is 5.92. The third-order valence-corrected chi connectivity index (χ3v) is 8.01. The molecule has 0 fully saturated rings. The maximum absolute atomic E-state index is 9.82. The summed E-state index contributed by atoms with van der Waals surface area (Å²) in [6.45, 7) is 15.0. The van der Waals surface area contributed by atoms with E-state index < -0.39 is 5.60 Å². The fourth-order valence-corrected chi connectivity index (χ4v) is 5.82. The molecule has 5 rings (SSSR count). The van der Waals surface area contributed by atoms with E-state index in [1.165, 1.54) is 16.8 Å². The third kappa shape index (κ3) is 3.42. The van der Waals surface area contributed by atoms with Gasteiger partial charge >= 0.3 is 0 Å². The highest BCUT2D eigenvalue weighted by atomic mass is 16.5.